The Labute approximate surface area is 122 Å². The summed E-state index contributed by atoms with van der Waals surface area (Å²) in [5, 5.41) is 2.75. The molecule has 18 heavy (non-hydrogen) atoms. The van der Waals surface area contributed by atoms with E-state index in [1.807, 2.05) is 0 Å². The van der Waals surface area contributed by atoms with Crippen LogP contribution in [0.3, 0.4) is 0 Å². The molecule has 1 fully saturated rings. The molecule has 0 bridgehead atoms. The topological polar surface area (TPSA) is 63.2 Å². The Balaban J connectivity index is 2.09. The van der Waals surface area contributed by atoms with Crippen molar-refractivity contribution in [2.75, 3.05) is 11.5 Å². The molecule has 1 unspecified atom stereocenters. The highest BCUT2D eigenvalue weighted by Crippen LogP contribution is 2.22. The van der Waals surface area contributed by atoms with E-state index in [0.717, 1.165) is 4.47 Å². The molecule has 0 radical (unpaired) electrons. The summed E-state index contributed by atoms with van der Waals surface area (Å²) in [6.45, 7) is 0. The third kappa shape index (κ3) is 3.33. The number of sulfone groups is 1. The highest BCUT2D eigenvalue weighted by atomic mass is 79.9. The first kappa shape index (κ1) is 14.0. The van der Waals surface area contributed by atoms with Gasteiger partial charge in [0.25, 0.3) is 5.91 Å². The fourth-order valence-electron chi connectivity index (χ4n) is 1.85. The summed E-state index contributed by atoms with van der Waals surface area (Å²) in [5.41, 5.74) is 0.502. The minimum Gasteiger partial charge on any atom is -0.348 e. The van der Waals surface area contributed by atoms with Gasteiger partial charge in [-0.2, -0.15) is 0 Å². The number of benzene rings is 1. The average molecular weight is 397 g/mol. The van der Waals surface area contributed by atoms with Gasteiger partial charge in [0.05, 0.1) is 17.1 Å². The average Bonchev–Trinajstić information content (AvgIpc) is 2.57. The van der Waals surface area contributed by atoms with Gasteiger partial charge < -0.3 is 5.32 Å². The van der Waals surface area contributed by atoms with Gasteiger partial charge in [0.1, 0.15) is 0 Å². The van der Waals surface area contributed by atoms with Crippen LogP contribution in [-0.2, 0) is 9.84 Å². The largest absolute Gasteiger partial charge is 0.348 e. The van der Waals surface area contributed by atoms with E-state index in [4.69, 9.17) is 0 Å². The first-order valence-corrected chi connectivity index (χ1v) is 8.74. The molecule has 1 aliphatic heterocycles. The molecule has 1 amide bonds. The molecule has 1 atom stereocenters. The molecular formula is C11H11Br2NO3S. The number of halogens is 2. The molecule has 4 nitrogen and oxygen atoms in total. The summed E-state index contributed by atoms with van der Waals surface area (Å²) >= 11 is 6.62. The normalized spacial score (nSPS) is 21.8. The maximum absolute atomic E-state index is 12.0. The van der Waals surface area contributed by atoms with Crippen LogP contribution in [0, 0.1) is 0 Å². The highest BCUT2D eigenvalue weighted by molar-refractivity contribution is 9.11. The SMILES string of the molecule is O=C(NC1CCS(=O)(=O)C1)c1ccc(Br)cc1Br. The zero-order valence-corrected chi connectivity index (χ0v) is 13.3. The van der Waals surface area contributed by atoms with E-state index in [-0.39, 0.29) is 23.5 Å². The van der Waals surface area contributed by atoms with Gasteiger partial charge in [-0.3, -0.25) is 4.79 Å². The third-order valence-electron chi connectivity index (χ3n) is 2.74. The summed E-state index contributed by atoms with van der Waals surface area (Å²) in [7, 11) is -2.97. The van der Waals surface area contributed by atoms with E-state index in [0.29, 0.717) is 16.5 Å². The fraction of sp³-hybridized carbons (Fsp3) is 0.364. The second kappa shape index (κ2) is 5.30. The number of amides is 1. The van der Waals surface area contributed by atoms with Gasteiger partial charge in [0.2, 0.25) is 0 Å². The second-order valence-corrected chi connectivity index (χ2v) is 8.20. The monoisotopic (exact) mass is 395 g/mol. The van der Waals surface area contributed by atoms with Crippen molar-refractivity contribution in [1.82, 2.24) is 5.32 Å². The Hall–Kier alpha value is -0.400. The number of hydrogen-bond donors (Lipinski definition) is 1. The zero-order valence-electron chi connectivity index (χ0n) is 9.32. The zero-order chi connectivity index (χ0) is 13.3. The first-order valence-electron chi connectivity index (χ1n) is 5.34. The fourth-order valence-corrected chi connectivity index (χ4v) is 4.75. The molecule has 1 saturated heterocycles. The van der Waals surface area contributed by atoms with E-state index in [1.54, 1.807) is 18.2 Å². The van der Waals surface area contributed by atoms with E-state index in [2.05, 4.69) is 37.2 Å². The summed E-state index contributed by atoms with van der Waals surface area (Å²) in [5.74, 6) is -0.0664. The second-order valence-electron chi connectivity index (χ2n) is 4.20. The molecule has 0 aliphatic carbocycles. The van der Waals surface area contributed by atoms with Crippen LogP contribution < -0.4 is 5.32 Å². The molecule has 0 saturated carbocycles. The van der Waals surface area contributed by atoms with Crippen LogP contribution in [0.1, 0.15) is 16.8 Å². The lowest BCUT2D eigenvalue weighted by atomic mass is 10.2. The van der Waals surface area contributed by atoms with Crippen LogP contribution in [0.5, 0.6) is 0 Å². The Morgan fingerprint density at radius 2 is 2.06 bits per heavy atom. The minimum absolute atomic E-state index is 0.0346. The van der Waals surface area contributed by atoms with Crippen LogP contribution in [0.25, 0.3) is 0 Å². The van der Waals surface area contributed by atoms with Crippen LogP contribution >= 0.6 is 31.9 Å². The highest BCUT2D eigenvalue weighted by Gasteiger charge is 2.29. The van der Waals surface area contributed by atoms with Crippen LogP contribution in [0.15, 0.2) is 27.1 Å². The van der Waals surface area contributed by atoms with E-state index >= 15 is 0 Å². The van der Waals surface area contributed by atoms with Crippen molar-refractivity contribution in [1.29, 1.82) is 0 Å². The number of carbonyl (C=O) groups is 1. The molecule has 7 heteroatoms. The number of hydrogen-bond acceptors (Lipinski definition) is 3. The van der Waals surface area contributed by atoms with Crippen molar-refractivity contribution in [2.45, 2.75) is 12.5 Å². The molecule has 0 aromatic heterocycles. The lowest BCUT2D eigenvalue weighted by Gasteiger charge is -2.11. The smallest absolute Gasteiger partial charge is 0.252 e. The lowest BCUT2D eigenvalue weighted by molar-refractivity contribution is 0.0940. The van der Waals surface area contributed by atoms with E-state index < -0.39 is 9.84 Å². The summed E-state index contributed by atoms with van der Waals surface area (Å²) in [4.78, 5) is 12.0. The maximum Gasteiger partial charge on any atom is 0.252 e. The predicted octanol–water partition coefficient (Wildman–Crippen LogP) is 2.13. The summed E-state index contributed by atoms with van der Waals surface area (Å²) in [6.07, 6.45) is 0.488. The van der Waals surface area contributed by atoms with E-state index in [9.17, 15) is 13.2 Å². The molecule has 2 rings (SSSR count). The molecule has 1 aromatic rings. The van der Waals surface area contributed by atoms with Gasteiger partial charge >= 0.3 is 0 Å². The van der Waals surface area contributed by atoms with Crippen molar-refractivity contribution in [2.24, 2.45) is 0 Å². The molecule has 1 aliphatic rings. The van der Waals surface area contributed by atoms with Gasteiger partial charge in [0, 0.05) is 15.0 Å². The Kier molecular flexibility index (Phi) is 4.13. The van der Waals surface area contributed by atoms with Crippen molar-refractivity contribution >= 4 is 47.6 Å². The summed E-state index contributed by atoms with van der Waals surface area (Å²) in [6, 6.07) is 4.95. The molecule has 0 spiro atoms. The standard InChI is InChI=1S/C11H11Br2NO3S/c12-7-1-2-9(10(13)5-7)11(15)14-8-3-4-18(16,17)6-8/h1-2,5,8H,3-4,6H2,(H,14,15). The van der Waals surface area contributed by atoms with Crippen LogP contribution in [0.4, 0.5) is 0 Å². The van der Waals surface area contributed by atoms with Gasteiger partial charge in [-0.15, -0.1) is 0 Å². The van der Waals surface area contributed by atoms with Crippen molar-refractivity contribution in [3.63, 3.8) is 0 Å². The molecule has 1 heterocycles. The minimum atomic E-state index is -2.97. The quantitative estimate of drug-likeness (QED) is 0.832. The van der Waals surface area contributed by atoms with Gasteiger partial charge in [0.15, 0.2) is 9.84 Å². The van der Waals surface area contributed by atoms with Gasteiger partial charge in [-0.25, -0.2) is 8.42 Å². The molecular weight excluding hydrogens is 386 g/mol. The van der Waals surface area contributed by atoms with Crippen molar-refractivity contribution < 1.29 is 13.2 Å². The van der Waals surface area contributed by atoms with Gasteiger partial charge in [-0.05, 0) is 40.5 Å². The molecule has 1 N–H and O–H groups in total. The van der Waals surface area contributed by atoms with Crippen LogP contribution in [0.2, 0.25) is 0 Å². The Morgan fingerprint density at radius 3 is 2.61 bits per heavy atom. The van der Waals surface area contributed by atoms with Crippen molar-refractivity contribution in [3.8, 4) is 0 Å². The summed E-state index contributed by atoms with van der Waals surface area (Å²) < 4.78 is 24.2. The maximum atomic E-state index is 12.0. The molecule has 1 aromatic carbocycles. The van der Waals surface area contributed by atoms with E-state index in [1.165, 1.54) is 0 Å². The number of carbonyl (C=O) groups excluding carboxylic acids is 1. The number of rotatable bonds is 2. The van der Waals surface area contributed by atoms with Crippen molar-refractivity contribution in [3.05, 3.63) is 32.7 Å². The Morgan fingerprint density at radius 1 is 1.33 bits per heavy atom. The number of nitrogens with one attached hydrogen (secondary N) is 1. The third-order valence-corrected chi connectivity index (χ3v) is 5.66. The Bertz CT molecular complexity index is 586. The lowest BCUT2D eigenvalue weighted by Crippen LogP contribution is -2.35. The van der Waals surface area contributed by atoms with Crippen LogP contribution in [-0.4, -0.2) is 31.9 Å². The first-order chi connectivity index (χ1) is 8.37. The van der Waals surface area contributed by atoms with Gasteiger partial charge in [-0.1, -0.05) is 15.9 Å². The predicted molar refractivity (Wildman–Crippen MR) is 76.4 cm³/mol. The molecule has 98 valence electrons.